The standard InChI is InChI=1S/C11H13BrN2O3S2/c1-19(16,17)3-2-18-9-5-8-6(4-7(9)12)10(13)11(15)14-8/h4-5,10H,2-3,13H2,1H3,(H,14,15). The number of sulfone groups is 1. The number of rotatable bonds is 4. The highest BCUT2D eigenvalue weighted by Gasteiger charge is 2.28. The van der Waals surface area contributed by atoms with Crippen LogP contribution in [-0.4, -0.2) is 32.1 Å². The number of carbonyl (C=O) groups excluding carboxylic acids is 1. The monoisotopic (exact) mass is 364 g/mol. The number of anilines is 1. The van der Waals surface area contributed by atoms with Crippen LogP contribution in [0.2, 0.25) is 0 Å². The van der Waals surface area contributed by atoms with Gasteiger partial charge in [0.1, 0.15) is 15.9 Å². The minimum Gasteiger partial charge on any atom is -0.324 e. The van der Waals surface area contributed by atoms with Gasteiger partial charge in [-0.05, 0) is 28.1 Å². The maximum Gasteiger partial charge on any atom is 0.245 e. The molecule has 0 aliphatic carbocycles. The summed E-state index contributed by atoms with van der Waals surface area (Å²) in [5.41, 5.74) is 7.20. The summed E-state index contributed by atoms with van der Waals surface area (Å²) in [5.74, 6) is 0.365. The molecular weight excluding hydrogens is 352 g/mol. The highest BCUT2D eigenvalue weighted by atomic mass is 79.9. The first-order valence-corrected chi connectivity index (χ1v) is 9.32. The van der Waals surface area contributed by atoms with Crippen molar-refractivity contribution in [2.24, 2.45) is 5.73 Å². The van der Waals surface area contributed by atoms with Crippen molar-refractivity contribution in [3.05, 3.63) is 22.2 Å². The molecule has 104 valence electrons. The van der Waals surface area contributed by atoms with E-state index < -0.39 is 15.9 Å². The fraction of sp³-hybridized carbons (Fsp3) is 0.364. The highest BCUT2D eigenvalue weighted by Crippen LogP contribution is 2.38. The molecule has 0 bridgehead atoms. The van der Waals surface area contributed by atoms with Gasteiger partial charge >= 0.3 is 0 Å². The van der Waals surface area contributed by atoms with E-state index in [1.807, 2.05) is 6.07 Å². The summed E-state index contributed by atoms with van der Waals surface area (Å²) >= 11 is 4.84. The van der Waals surface area contributed by atoms with E-state index in [9.17, 15) is 13.2 Å². The Kier molecular flexibility index (Phi) is 4.24. The first-order valence-electron chi connectivity index (χ1n) is 5.48. The Morgan fingerprint density at radius 3 is 2.79 bits per heavy atom. The third-order valence-corrected chi connectivity index (χ3v) is 5.87. The zero-order valence-electron chi connectivity index (χ0n) is 10.1. The number of amides is 1. The molecule has 5 nitrogen and oxygen atoms in total. The van der Waals surface area contributed by atoms with Crippen LogP contribution in [0.15, 0.2) is 21.5 Å². The van der Waals surface area contributed by atoms with Gasteiger partial charge in [0.25, 0.3) is 0 Å². The van der Waals surface area contributed by atoms with Crippen LogP contribution in [0.4, 0.5) is 5.69 Å². The third-order valence-electron chi connectivity index (χ3n) is 2.69. The predicted molar refractivity (Wildman–Crippen MR) is 80.1 cm³/mol. The van der Waals surface area contributed by atoms with E-state index in [1.54, 1.807) is 6.07 Å². The molecular formula is C11H13BrN2O3S2. The van der Waals surface area contributed by atoms with Crippen molar-refractivity contribution in [2.45, 2.75) is 10.9 Å². The van der Waals surface area contributed by atoms with Crippen molar-refractivity contribution in [1.82, 2.24) is 0 Å². The zero-order valence-corrected chi connectivity index (χ0v) is 13.4. The summed E-state index contributed by atoms with van der Waals surface area (Å²) in [5, 5.41) is 2.71. The Morgan fingerprint density at radius 2 is 2.16 bits per heavy atom. The summed E-state index contributed by atoms with van der Waals surface area (Å²) < 4.78 is 23.0. The number of fused-ring (bicyclic) bond motifs is 1. The molecule has 1 aliphatic heterocycles. The average molecular weight is 365 g/mol. The topological polar surface area (TPSA) is 89.3 Å². The molecule has 1 aliphatic rings. The van der Waals surface area contributed by atoms with Crippen molar-refractivity contribution in [2.75, 3.05) is 23.1 Å². The van der Waals surface area contributed by atoms with Crippen LogP contribution in [0.5, 0.6) is 0 Å². The predicted octanol–water partition coefficient (Wildman–Crippen LogP) is 1.54. The van der Waals surface area contributed by atoms with Crippen LogP contribution in [0.1, 0.15) is 11.6 Å². The number of nitrogens with two attached hydrogens (primary N) is 1. The average Bonchev–Trinajstić information content (AvgIpc) is 2.54. The van der Waals surface area contributed by atoms with E-state index >= 15 is 0 Å². The summed E-state index contributed by atoms with van der Waals surface area (Å²) in [6.07, 6.45) is 1.21. The second-order valence-corrected chi connectivity index (χ2v) is 8.57. The molecule has 0 spiro atoms. The number of hydrogen-bond acceptors (Lipinski definition) is 5. The molecule has 8 heteroatoms. The van der Waals surface area contributed by atoms with Gasteiger partial charge < -0.3 is 11.1 Å². The molecule has 1 heterocycles. The lowest BCUT2D eigenvalue weighted by atomic mass is 10.1. The lowest BCUT2D eigenvalue weighted by Gasteiger charge is -2.08. The second kappa shape index (κ2) is 5.43. The first kappa shape index (κ1) is 14.8. The van der Waals surface area contributed by atoms with Crippen molar-refractivity contribution in [3.63, 3.8) is 0 Å². The SMILES string of the molecule is CS(=O)(=O)CCSc1cc2c(cc1Br)C(N)C(=O)N2. The highest BCUT2D eigenvalue weighted by molar-refractivity contribution is 9.10. The lowest BCUT2D eigenvalue weighted by molar-refractivity contribution is -0.116. The quantitative estimate of drug-likeness (QED) is 0.790. The van der Waals surface area contributed by atoms with E-state index in [-0.39, 0.29) is 11.7 Å². The third kappa shape index (κ3) is 3.50. The summed E-state index contributed by atoms with van der Waals surface area (Å²) in [6, 6.07) is 2.99. The van der Waals surface area contributed by atoms with Gasteiger partial charge in [-0.25, -0.2) is 8.42 Å². The number of carbonyl (C=O) groups is 1. The molecule has 1 unspecified atom stereocenters. The van der Waals surface area contributed by atoms with Gasteiger partial charge in [-0.1, -0.05) is 0 Å². The normalized spacial score (nSPS) is 18.3. The Morgan fingerprint density at radius 1 is 1.47 bits per heavy atom. The summed E-state index contributed by atoms with van der Waals surface area (Å²) in [4.78, 5) is 12.3. The molecule has 3 N–H and O–H groups in total. The van der Waals surface area contributed by atoms with Gasteiger partial charge in [-0.3, -0.25) is 4.79 Å². The van der Waals surface area contributed by atoms with Gasteiger partial charge in [0.05, 0.1) is 5.75 Å². The van der Waals surface area contributed by atoms with Gasteiger partial charge in [0.15, 0.2) is 0 Å². The molecule has 1 aromatic rings. The molecule has 1 atom stereocenters. The largest absolute Gasteiger partial charge is 0.324 e. The number of thioether (sulfide) groups is 1. The molecule has 0 radical (unpaired) electrons. The summed E-state index contributed by atoms with van der Waals surface area (Å²) in [7, 11) is -2.96. The van der Waals surface area contributed by atoms with Crippen LogP contribution in [-0.2, 0) is 14.6 Å². The molecule has 19 heavy (non-hydrogen) atoms. The van der Waals surface area contributed by atoms with E-state index in [4.69, 9.17) is 5.73 Å². The summed E-state index contributed by atoms with van der Waals surface area (Å²) in [6.45, 7) is 0. The zero-order chi connectivity index (χ0) is 14.2. The minimum atomic E-state index is -2.96. The molecule has 2 rings (SSSR count). The maximum atomic E-state index is 11.5. The van der Waals surface area contributed by atoms with Crippen molar-refractivity contribution < 1.29 is 13.2 Å². The first-order chi connectivity index (χ1) is 8.78. The number of nitrogens with one attached hydrogen (secondary N) is 1. The molecule has 0 aromatic heterocycles. The number of hydrogen-bond donors (Lipinski definition) is 2. The lowest BCUT2D eigenvalue weighted by Crippen LogP contribution is -2.19. The second-order valence-electron chi connectivity index (χ2n) is 4.32. The van der Waals surface area contributed by atoms with E-state index in [1.165, 1.54) is 18.0 Å². The Labute approximate surface area is 124 Å². The molecule has 1 amide bonds. The molecule has 0 fully saturated rings. The van der Waals surface area contributed by atoms with Crippen LogP contribution < -0.4 is 11.1 Å². The Balaban J connectivity index is 2.16. The van der Waals surface area contributed by atoms with Crippen molar-refractivity contribution in [3.8, 4) is 0 Å². The van der Waals surface area contributed by atoms with Gasteiger partial charge in [0, 0.05) is 32.6 Å². The van der Waals surface area contributed by atoms with Crippen molar-refractivity contribution >= 4 is 49.1 Å². The Bertz CT molecular complexity index is 631. The molecule has 1 aromatic carbocycles. The van der Waals surface area contributed by atoms with Gasteiger partial charge in [-0.2, -0.15) is 0 Å². The smallest absolute Gasteiger partial charge is 0.245 e. The number of halogens is 1. The van der Waals surface area contributed by atoms with Gasteiger partial charge in [-0.15, -0.1) is 11.8 Å². The van der Waals surface area contributed by atoms with E-state index in [2.05, 4.69) is 21.2 Å². The van der Waals surface area contributed by atoms with Gasteiger partial charge in [0.2, 0.25) is 5.91 Å². The molecule has 0 saturated heterocycles. The van der Waals surface area contributed by atoms with E-state index in [0.717, 1.165) is 14.9 Å². The van der Waals surface area contributed by atoms with Crippen LogP contribution >= 0.6 is 27.7 Å². The fourth-order valence-corrected chi connectivity index (χ4v) is 4.57. The maximum absolute atomic E-state index is 11.5. The Hall–Kier alpha value is -0.570. The van der Waals surface area contributed by atoms with Crippen LogP contribution in [0.25, 0.3) is 0 Å². The number of benzene rings is 1. The van der Waals surface area contributed by atoms with Crippen LogP contribution in [0.3, 0.4) is 0 Å². The minimum absolute atomic E-state index is 0.118. The molecule has 0 saturated carbocycles. The fourth-order valence-electron chi connectivity index (χ4n) is 1.70. The van der Waals surface area contributed by atoms with E-state index in [0.29, 0.717) is 11.4 Å². The van der Waals surface area contributed by atoms with Crippen molar-refractivity contribution in [1.29, 1.82) is 0 Å². The van der Waals surface area contributed by atoms with Crippen LogP contribution in [0, 0.1) is 0 Å².